The Hall–Kier alpha value is -1.10. The Kier molecular flexibility index (Phi) is 6.28. The molecule has 1 aliphatic carbocycles. The Labute approximate surface area is 115 Å². The normalized spacial score (nSPS) is 24.9. The summed E-state index contributed by atoms with van der Waals surface area (Å²) in [7, 11) is 0. The summed E-state index contributed by atoms with van der Waals surface area (Å²) in [6.07, 6.45) is 4.54. The van der Waals surface area contributed by atoms with Gasteiger partial charge in [-0.1, -0.05) is 0 Å². The lowest BCUT2D eigenvalue weighted by molar-refractivity contribution is -0.129. The van der Waals surface area contributed by atoms with Gasteiger partial charge in [-0.2, -0.15) is 0 Å². The van der Waals surface area contributed by atoms with Crippen LogP contribution in [0.15, 0.2) is 0 Å². The average molecular weight is 269 g/mol. The molecule has 1 aliphatic rings. The van der Waals surface area contributed by atoms with E-state index in [1.807, 2.05) is 13.8 Å². The highest BCUT2D eigenvalue weighted by molar-refractivity contribution is 5.87. The predicted molar refractivity (Wildman–Crippen MR) is 75.4 cm³/mol. The molecule has 1 fully saturated rings. The standard InChI is InChI=1S/C14H27N3O2/c1-9(2)16-14(19)10(3)17-13(18)8-11-4-6-12(15)7-5-11/h9-12H,4-8,15H2,1-3H3,(H,16,19)(H,17,18). The van der Waals surface area contributed by atoms with Crippen LogP contribution in [-0.4, -0.2) is 29.9 Å². The van der Waals surface area contributed by atoms with E-state index in [0.29, 0.717) is 18.4 Å². The Balaban J connectivity index is 2.28. The molecule has 0 aromatic rings. The molecule has 0 heterocycles. The third-order valence-electron chi connectivity index (χ3n) is 3.57. The van der Waals surface area contributed by atoms with Crippen molar-refractivity contribution in [1.29, 1.82) is 0 Å². The molecule has 110 valence electrons. The molecule has 1 saturated carbocycles. The zero-order valence-electron chi connectivity index (χ0n) is 12.2. The molecule has 0 saturated heterocycles. The molecule has 0 aromatic carbocycles. The van der Waals surface area contributed by atoms with Crippen molar-refractivity contribution >= 4 is 11.8 Å². The highest BCUT2D eigenvalue weighted by atomic mass is 16.2. The van der Waals surface area contributed by atoms with E-state index in [2.05, 4.69) is 10.6 Å². The number of amides is 2. The van der Waals surface area contributed by atoms with Gasteiger partial charge in [0.25, 0.3) is 0 Å². The lowest BCUT2D eigenvalue weighted by Gasteiger charge is -2.26. The Bertz CT molecular complexity index is 310. The summed E-state index contributed by atoms with van der Waals surface area (Å²) in [5.41, 5.74) is 5.84. The molecule has 0 radical (unpaired) electrons. The van der Waals surface area contributed by atoms with Crippen molar-refractivity contribution in [1.82, 2.24) is 10.6 Å². The van der Waals surface area contributed by atoms with E-state index >= 15 is 0 Å². The van der Waals surface area contributed by atoms with Crippen LogP contribution in [0.2, 0.25) is 0 Å². The fourth-order valence-electron chi connectivity index (χ4n) is 2.43. The second-order valence-electron chi connectivity index (χ2n) is 5.94. The quantitative estimate of drug-likeness (QED) is 0.694. The summed E-state index contributed by atoms with van der Waals surface area (Å²) < 4.78 is 0. The van der Waals surface area contributed by atoms with E-state index in [-0.39, 0.29) is 17.9 Å². The first kappa shape index (κ1) is 16.0. The highest BCUT2D eigenvalue weighted by Crippen LogP contribution is 2.25. The SMILES string of the molecule is CC(C)NC(=O)C(C)NC(=O)CC1CCC(N)CC1. The van der Waals surface area contributed by atoms with Crippen LogP contribution in [-0.2, 0) is 9.59 Å². The second kappa shape index (κ2) is 7.48. The van der Waals surface area contributed by atoms with Crippen molar-refractivity contribution in [2.45, 2.75) is 71.0 Å². The summed E-state index contributed by atoms with van der Waals surface area (Å²) in [4.78, 5) is 23.6. The molecule has 5 nitrogen and oxygen atoms in total. The molecule has 1 rings (SSSR count). The number of hydrogen-bond acceptors (Lipinski definition) is 3. The third kappa shape index (κ3) is 6.05. The maximum atomic E-state index is 11.9. The van der Waals surface area contributed by atoms with Gasteiger partial charge in [-0.15, -0.1) is 0 Å². The van der Waals surface area contributed by atoms with Crippen LogP contribution in [0.1, 0.15) is 52.9 Å². The lowest BCUT2D eigenvalue weighted by Crippen LogP contribution is -2.47. The van der Waals surface area contributed by atoms with Crippen molar-refractivity contribution in [3.05, 3.63) is 0 Å². The number of carbonyl (C=O) groups excluding carboxylic acids is 2. The summed E-state index contributed by atoms with van der Waals surface area (Å²) >= 11 is 0. The molecular weight excluding hydrogens is 242 g/mol. The monoisotopic (exact) mass is 269 g/mol. The van der Waals surface area contributed by atoms with Crippen molar-refractivity contribution in [2.75, 3.05) is 0 Å². The third-order valence-corrected chi connectivity index (χ3v) is 3.57. The van der Waals surface area contributed by atoms with Gasteiger partial charge in [0.15, 0.2) is 0 Å². The summed E-state index contributed by atoms with van der Waals surface area (Å²) in [5, 5.41) is 5.55. The molecule has 1 unspecified atom stereocenters. The molecule has 19 heavy (non-hydrogen) atoms. The molecule has 0 spiro atoms. The van der Waals surface area contributed by atoms with E-state index in [4.69, 9.17) is 5.73 Å². The van der Waals surface area contributed by atoms with Gasteiger partial charge in [-0.25, -0.2) is 0 Å². The van der Waals surface area contributed by atoms with Crippen LogP contribution in [0, 0.1) is 5.92 Å². The Morgan fingerprint density at radius 3 is 2.21 bits per heavy atom. The van der Waals surface area contributed by atoms with E-state index in [1.165, 1.54) is 0 Å². The van der Waals surface area contributed by atoms with E-state index in [1.54, 1.807) is 6.92 Å². The first-order valence-electron chi connectivity index (χ1n) is 7.23. The van der Waals surface area contributed by atoms with Crippen molar-refractivity contribution in [2.24, 2.45) is 11.7 Å². The maximum absolute atomic E-state index is 11.9. The first-order valence-corrected chi connectivity index (χ1v) is 7.23. The summed E-state index contributed by atoms with van der Waals surface area (Å²) in [6.45, 7) is 5.52. The van der Waals surface area contributed by atoms with Crippen LogP contribution in [0.4, 0.5) is 0 Å². The van der Waals surface area contributed by atoms with Crippen molar-refractivity contribution < 1.29 is 9.59 Å². The van der Waals surface area contributed by atoms with Gasteiger partial charge in [-0.05, 0) is 52.4 Å². The van der Waals surface area contributed by atoms with Gasteiger partial charge in [0.2, 0.25) is 11.8 Å². The van der Waals surface area contributed by atoms with Gasteiger partial charge in [0, 0.05) is 18.5 Å². The van der Waals surface area contributed by atoms with Gasteiger partial charge >= 0.3 is 0 Å². The number of carbonyl (C=O) groups is 2. The molecule has 2 amide bonds. The summed E-state index contributed by atoms with van der Waals surface area (Å²) in [5.74, 6) is 0.251. The van der Waals surface area contributed by atoms with Crippen LogP contribution in [0.25, 0.3) is 0 Å². The van der Waals surface area contributed by atoms with Gasteiger partial charge in [-0.3, -0.25) is 9.59 Å². The van der Waals surface area contributed by atoms with Gasteiger partial charge in [0.05, 0.1) is 0 Å². The molecule has 0 aliphatic heterocycles. The Morgan fingerprint density at radius 2 is 1.68 bits per heavy atom. The second-order valence-corrected chi connectivity index (χ2v) is 5.94. The lowest BCUT2D eigenvalue weighted by atomic mass is 9.84. The highest BCUT2D eigenvalue weighted by Gasteiger charge is 2.22. The average Bonchev–Trinajstić information content (AvgIpc) is 2.31. The number of nitrogens with one attached hydrogen (secondary N) is 2. The van der Waals surface area contributed by atoms with Crippen LogP contribution in [0.5, 0.6) is 0 Å². The number of hydrogen-bond donors (Lipinski definition) is 3. The van der Waals surface area contributed by atoms with E-state index in [9.17, 15) is 9.59 Å². The van der Waals surface area contributed by atoms with Gasteiger partial charge in [0.1, 0.15) is 6.04 Å². The van der Waals surface area contributed by atoms with Crippen LogP contribution >= 0.6 is 0 Å². The van der Waals surface area contributed by atoms with Crippen molar-refractivity contribution in [3.8, 4) is 0 Å². The largest absolute Gasteiger partial charge is 0.352 e. The molecule has 0 bridgehead atoms. The zero-order chi connectivity index (χ0) is 14.4. The smallest absolute Gasteiger partial charge is 0.242 e. The first-order chi connectivity index (χ1) is 8.88. The van der Waals surface area contributed by atoms with Gasteiger partial charge < -0.3 is 16.4 Å². The predicted octanol–water partition coefficient (Wildman–Crippen LogP) is 0.923. The zero-order valence-corrected chi connectivity index (χ0v) is 12.2. The summed E-state index contributed by atoms with van der Waals surface area (Å²) in [6, 6.07) is -0.0810. The minimum absolute atomic E-state index is 0.0353. The molecule has 1 atom stereocenters. The fraction of sp³-hybridized carbons (Fsp3) is 0.857. The Morgan fingerprint density at radius 1 is 1.11 bits per heavy atom. The van der Waals surface area contributed by atoms with E-state index in [0.717, 1.165) is 25.7 Å². The molecule has 5 heteroatoms. The minimum atomic E-state index is -0.472. The fourth-order valence-corrected chi connectivity index (χ4v) is 2.43. The number of nitrogens with two attached hydrogens (primary N) is 1. The topological polar surface area (TPSA) is 84.2 Å². The van der Waals surface area contributed by atoms with Crippen LogP contribution < -0.4 is 16.4 Å². The molecular formula is C14H27N3O2. The van der Waals surface area contributed by atoms with Crippen LogP contribution in [0.3, 0.4) is 0 Å². The molecule has 4 N–H and O–H groups in total. The molecule has 0 aromatic heterocycles. The minimum Gasteiger partial charge on any atom is -0.352 e. The van der Waals surface area contributed by atoms with Crippen molar-refractivity contribution in [3.63, 3.8) is 0 Å². The number of rotatable bonds is 5. The maximum Gasteiger partial charge on any atom is 0.242 e. The van der Waals surface area contributed by atoms with E-state index < -0.39 is 6.04 Å².